The Morgan fingerprint density at radius 1 is 1.15 bits per heavy atom. The minimum atomic E-state index is -0.0483. The quantitative estimate of drug-likeness (QED) is 0.390. The number of nitrogens with zero attached hydrogens (tertiary/aromatic N) is 1. The molecule has 0 fully saturated rings. The van der Waals surface area contributed by atoms with Gasteiger partial charge < -0.3 is 15.7 Å². The van der Waals surface area contributed by atoms with Crippen molar-refractivity contribution >= 4 is 17.4 Å². The van der Waals surface area contributed by atoms with Crippen molar-refractivity contribution in [2.45, 2.75) is 13.8 Å². The highest BCUT2D eigenvalue weighted by Crippen LogP contribution is 2.30. The van der Waals surface area contributed by atoms with Crippen LogP contribution in [0.4, 0.5) is 0 Å². The zero-order chi connectivity index (χ0) is 14.7. The second-order valence-electron chi connectivity index (χ2n) is 4.50. The topological polar surface area (TPSA) is 67.8 Å². The standard InChI is InChI=1S/C15H15ClN2O2/c1-9-3-4-10(2)14(7-9)20-13-6-5-11(16)8-12(13)15(17)18-19/h3-8,19H,1-2H3,(H2,17,18). The molecule has 3 N–H and O–H groups in total. The Hall–Kier alpha value is -2.20. The summed E-state index contributed by atoms with van der Waals surface area (Å²) in [5, 5.41) is 12.3. The Morgan fingerprint density at radius 2 is 1.90 bits per heavy atom. The van der Waals surface area contributed by atoms with Gasteiger partial charge in [-0.05, 0) is 49.2 Å². The minimum absolute atomic E-state index is 0.0483. The summed E-state index contributed by atoms with van der Waals surface area (Å²) in [5.74, 6) is 1.16. The van der Waals surface area contributed by atoms with Crippen LogP contribution in [0.3, 0.4) is 0 Å². The second kappa shape index (κ2) is 5.84. The van der Waals surface area contributed by atoms with Gasteiger partial charge in [-0.15, -0.1) is 0 Å². The van der Waals surface area contributed by atoms with E-state index >= 15 is 0 Å². The SMILES string of the molecule is Cc1ccc(C)c(Oc2ccc(Cl)cc2C(N)=NO)c1. The van der Waals surface area contributed by atoms with E-state index < -0.39 is 0 Å². The normalized spacial score (nSPS) is 11.4. The summed E-state index contributed by atoms with van der Waals surface area (Å²) in [5.41, 5.74) is 8.18. The summed E-state index contributed by atoms with van der Waals surface area (Å²) in [6.45, 7) is 3.94. The molecule has 0 saturated heterocycles. The van der Waals surface area contributed by atoms with E-state index in [9.17, 15) is 0 Å². The fourth-order valence-electron chi connectivity index (χ4n) is 1.78. The van der Waals surface area contributed by atoms with Crippen molar-refractivity contribution in [2.24, 2.45) is 10.9 Å². The van der Waals surface area contributed by atoms with E-state index in [1.54, 1.807) is 18.2 Å². The van der Waals surface area contributed by atoms with Crippen LogP contribution in [0.5, 0.6) is 11.5 Å². The first-order valence-electron chi connectivity index (χ1n) is 6.04. The van der Waals surface area contributed by atoms with Crippen LogP contribution < -0.4 is 10.5 Å². The van der Waals surface area contributed by atoms with Crippen molar-refractivity contribution in [3.8, 4) is 11.5 Å². The molecule has 20 heavy (non-hydrogen) atoms. The highest BCUT2D eigenvalue weighted by molar-refractivity contribution is 6.31. The highest BCUT2D eigenvalue weighted by Gasteiger charge is 2.11. The van der Waals surface area contributed by atoms with Gasteiger partial charge in [0.15, 0.2) is 5.84 Å². The van der Waals surface area contributed by atoms with Crippen LogP contribution in [0, 0.1) is 13.8 Å². The number of oxime groups is 1. The van der Waals surface area contributed by atoms with E-state index in [0.717, 1.165) is 16.9 Å². The van der Waals surface area contributed by atoms with Crippen LogP contribution in [0.1, 0.15) is 16.7 Å². The molecule has 5 heteroatoms. The Balaban J connectivity index is 2.46. The van der Waals surface area contributed by atoms with E-state index in [4.69, 9.17) is 27.3 Å². The molecule has 0 aromatic heterocycles. The third-order valence-electron chi connectivity index (χ3n) is 2.89. The summed E-state index contributed by atoms with van der Waals surface area (Å²) in [7, 11) is 0. The summed E-state index contributed by atoms with van der Waals surface area (Å²) >= 11 is 5.93. The van der Waals surface area contributed by atoms with Crippen LogP contribution in [-0.2, 0) is 0 Å². The molecule has 0 aliphatic carbocycles. The van der Waals surface area contributed by atoms with Crippen LogP contribution in [0.25, 0.3) is 0 Å². The van der Waals surface area contributed by atoms with Gasteiger partial charge in [0.25, 0.3) is 0 Å². The summed E-state index contributed by atoms with van der Waals surface area (Å²) in [6, 6.07) is 10.9. The van der Waals surface area contributed by atoms with Gasteiger partial charge in [-0.2, -0.15) is 0 Å². The molecule has 0 aliphatic rings. The number of aryl methyl sites for hydroxylation is 2. The predicted octanol–water partition coefficient (Wildman–Crippen LogP) is 3.84. The molecule has 0 amide bonds. The van der Waals surface area contributed by atoms with Gasteiger partial charge in [0.1, 0.15) is 11.5 Å². The van der Waals surface area contributed by atoms with Gasteiger partial charge in [-0.1, -0.05) is 28.9 Å². The Bertz CT molecular complexity index is 669. The maximum absolute atomic E-state index is 8.83. The zero-order valence-electron chi connectivity index (χ0n) is 11.2. The van der Waals surface area contributed by atoms with Gasteiger partial charge in [-0.3, -0.25) is 0 Å². The predicted molar refractivity (Wildman–Crippen MR) is 80.0 cm³/mol. The molecule has 2 aromatic rings. The first-order chi connectivity index (χ1) is 9.51. The molecule has 2 rings (SSSR count). The fourth-order valence-corrected chi connectivity index (χ4v) is 1.95. The summed E-state index contributed by atoms with van der Waals surface area (Å²) in [6.07, 6.45) is 0. The van der Waals surface area contributed by atoms with Gasteiger partial charge in [0.05, 0.1) is 5.56 Å². The maximum Gasteiger partial charge on any atom is 0.173 e. The Kier molecular flexibility index (Phi) is 4.15. The monoisotopic (exact) mass is 290 g/mol. The van der Waals surface area contributed by atoms with Crippen molar-refractivity contribution in [3.63, 3.8) is 0 Å². The van der Waals surface area contributed by atoms with Crippen LogP contribution in [0.2, 0.25) is 5.02 Å². The van der Waals surface area contributed by atoms with Crippen molar-refractivity contribution in [1.29, 1.82) is 0 Å². The molecule has 0 aliphatic heterocycles. The fraction of sp³-hybridized carbons (Fsp3) is 0.133. The average Bonchev–Trinajstić information content (AvgIpc) is 2.43. The van der Waals surface area contributed by atoms with Gasteiger partial charge >= 0.3 is 0 Å². The van der Waals surface area contributed by atoms with Crippen molar-refractivity contribution in [2.75, 3.05) is 0 Å². The smallest absolute Gasteiger partial charge is 0.173 e. The second-order valence-corrected chi connectivity index (χ2v) is 4.93. The molecule has 0 heterocycles. The number of nitrogens with two attached hydrogens (primary N) is 1. The summed E-state index contributed by atoms with van der Waals surface area (Å²) in [4.78, 5) is 0. The number of amidine groups is 1. The molecular formula is C15H15ClN2O2. The lowest BCUT2D eigenvalue weighted by Gasteiger charge is -2.13. The molecule has 104 valence electrons. The first-order valence-corrected chi connectivity index (χ1v) is 6.41. The van der Waals surface area contributed by atoms with E-state index in [-0.39, 0.29) is 5.84 Å². The third kappa shape index (κ3) is 3.03. The number of benzene rings is 2. The molecule has 0 atom stereocenters. The molecule has 0 unspecified atom stereocenters. The van der Waals surface area contributed by atoms with E-state index in [1.807, 2.05) is 32.0 Å². The molecule has 0 spiro atoms. The highest BCUT2D eigenvalue weighted by atomic mass is 35.5. The maximum atomic E-state index is 8.83. The van der Waals surface area contributed by atoms with Gasteiger partial charge in [0.2, 0.25) is 0 Å². The van der Waals surface area contributed by atoms with Crippen molar-refractivity contribution in [1.82, 2.24) is 0 Å². The largest absolute Gasteiger partial charge is 0.456 e. The van der Waals surface area contributed by atoms with Crippen LogP contribution >= 0.6 is 11.6 Å². The lowest BCUT2D eigenvalue weighted by atomic mass is 10.1. The number of halogens is 1. The lowest BCUT2D eigenvalue weighted by molar-refractivity contribution is 0.318. The number of hydrogen-bond donors (Lipinski definition) is 2. The molecule has 4 nitrogen and oxygen atoms in total. The first kappa shape index (κ1) is 14.2. The van der Waals surface area contributed by atoms with Crippen LogP contribution in [0.15, 0.2) is 41.6 Å². The molecule has 0 bridgehead atoms. The molecule has 0 radical (unpaired) electrons. The molecule has 0 saturated carbocycles. The lowest BCUT2D eigenvalue weighted by Crippen LogP contribution is -2.14. The molecular weight excluding hydrogens is 276 g/mol. The van der Waals surface area contributed by atoms with Crippen molar-refractivity contribution < 1.29 is 9.94 Å². The number of rotatable bonds is 3. The number of hydrogen-bond acceptors (Lipinski definition) is 3. The molecule has 2 aromatic carbocycles. The summed E-state index contributed by atoms with van der Waals surface area (Å²) < 4.78 is 5.87. The Morgan fingerprint density at radius 3 is 2.60 bits per heavy atom. The van der Waals surface area contributed by atoms with Gasteiger partial charge in [-0.25, -0.2) is 0 Å². The van der Waals surface area contributed by atoms with Crippen molar-refractivity contribution in [3.05, 3.63) is 58.1 Å². The van der Waals surface area contributed by atoms with Gasteiger partial charge in [0, 0.05) is 5.02 Å². The minimum Gasteiger partial charge on any atom is -0.456 e. The van der Waals surface area contributed by atoms with E-state index in [1.165, 1.54) is 0 Å². The number of ether oxygens (including phenoxy) is 1. The third-order valence-corrected chi connectivity index (χ3v) is 3.12. The average molecular weight is 291 g/mol. The van der Waals surface area contributed by atoms with E-state index in [0.29, 0.717) is 16.3 Å². The zero-order valence-corrected chi connectivity index (χ0v) is 12.0. The van der Waals surface area contributed by atoms with Crippen LogP contribution in [-0.4, -0.2) is 11.0 Å². The van der Waals surface area contributed by atoms with E-state index in [2.05, 4.69) is 5.16 Å². The Labute approximate surface area is 122 Å².